The number of aryl methyl sites for hydroxylation is 2. The number of rotatable bonds is 5. The predicted octanol–water partition coefficient (Wildman–Crippen LogP) is 3.07. The number of halogens is 1. The van der Waals surface area contributed by atoms with Gasteiger partial charge in [0.15, 0.2) is 5.65 Å². The molecular formula is C18H19ClN4O2. The number of nitrogens with zero attached hydrogens (tertiary/aromatic N) is 3. The van der Waals surface area contributed by atoms with Crippen molar-refractivity contribution in [1.29, 1.82) is 0 Å². The van der Waals surface area contributed by atoms with Gasteiger partial charge in [0.1, 0.15) is 0 Å². The van der Waals surface area contributed by atoms with E-state index in [1.165, 1.54) is 0 Å². The van der Waals surface area contributed by atoms with Crippen LogP contribution in [-0.4, -0.2) is 40.9 Å². The van der Waals surface area contributed by atoms with Crippen molar-refractivity contribution >= 4 is 28.5 Å². The standard InChI is InChI=1S/C18H19ClN4O2/c1-11-10-13(18(24)20-8-9-25-3)16-12(2)22-23(17(16)21-11)15-7-5-4-6-14(15)19/h4-7,10H,8-9H2,1-3H3,(H,20,24). The fourth-order valence-corrected chi connectivity index (χ4v) is 2.96. The molecule has 0 aliphatic carbocycles. The second-order valence-electron chi connectivity index (χ2n) is 5.71. The van der Waals surface area contributed by atoms with Gasteiger partial charge < -0.3 is 10.1 Å². The highest BCUT2D eigenvalue weighted by atomic mass is 35.5. The van der Waals surface area contributed by atoms with Gasteiger partial charge in [0.25, 0.3) is 5.91 Å². The zero-order chi connectivity index (χ0) is 18.0. The van der Waals surface area contributed by atoms with Crippen LogP contribution in [0.2, 0.25) is 5.02 Å². The lowest BCUT2D eigenvalue weighted by atomic mass is 10.1. The zero-order valence-corrected chi connectivity index (χ0v) is 15.1. The minimum absolute atomic E-state index is 0.172. The first kappa shape index (κ1) is 17.4. The summed E-state index contributed by atoms with van der Waals surface area (Å²) in [5.74, 6) is -0.172. The van der Waals surface area contributed by atoms with E-state index in [2.05, 4.69) is 15.4 Å². The van der Waals surface area contributed by atoms with Crippen molar-refractivity contribution in [2.45, 2.75) is 13.8 Å². The number of para-hydroxylation sites is 1. The average Bonchev–Trinajstić information content (AvgIpc) is 2.91. The number of benzene rings is 1. The highest BCUT2D eigenvalue weighted by molar-refractivity contribution is 6.32. The number of aromatic nitrogens is 3. The average molecular weight is 359 g/mol. The Kier molecular flexibility index (Phi) is 5.01. The number of ether oxygens (including phenoxy) is 1. The van der Waals surface area contributed by atoms with Crippen LogP contribution in [0.5, 0.6) is 0 Å². The van der Waals surface area contributed by atoms with Crippen LogP contribution in [0.1, 0.15) is 21.7 Å². The third kappa shape index (κ3) is 3.36. The van der Waals surface area contributed by atoms with Crippen molar-refractivity contribution in [1.82, 2.24) is 20.1 Å². The molecule has 0 atom stereocenters. The number of amides is 1. The van der Waals surface area contributed by atoms with E-state index in [1.807, 2.05) is 32.0 Å². The first-order valence-corrected chi connectivity index (χ1v) is 8.29. The molecule has 7 heteroatoms. The molecule has 0 aliphatic heterocycles. The Hall–Kier alpha value is -2.44. The Labute approximate surface area is 150 Å². The lowest BCUT2D eigenvalue weighted by Gasteiger charge is -2.08. The minimum Gasteiger partial charge on any atom is -0.383 e. The number of pyridine rings is 1. The molecule has 0 spiro atoms. The van der Waals surface area contributed by atoms with Crippen LogP contribution < -0.4 is 5.32 Å². The van der Waals surface area contributed by atoms with Gasteiger partial charge in [-0.2, -0.15) is 5.10 Å². The van der Waals surface area contributed by atoms with Gasteiger partial charge in [-0.05, 0) is 32.0 Å². The second kappa shape index (κ2) is 7.21. The molecule has 0 radical (unpaired) electrons. The molecule has 1 N–H and O–H groups in total. The van der Waals surface area contributed by atoms with E-state index >= 15 is 0 Å². The van der Waals surface area contributed by atoms with E-state index in [1.54, 1.807) is 23.9 Å². The van der Waals surface area contributed by atoms with Crippen LogP contribution in [0.25, 0.3) is 16.7 Å². The lowest BCUT2D eigenvalue weighted by Crippen LogP contribution is -2.27. The number of carbonyl (C=O) groups is 1. The van der Waals surface area contributed by atoms with E-state index in [0.29, 0.717) is 29.4 Å². The molecule has 0 saturated heterocycles. The summed E-state index contributed by atoms with van der Waals surface area (Å²) in [5.41, 5.74) is 3.35. The van der Waals surface area contributed by atoms with Gasteiger partial charge in [-0.1, -0.05) is 23.7 Å². The molecule has 2 heterocycles. The van der Waals surface area contributed by atoms with Gasteiger partial charge in [0, 0.05) is 19.3 Å². The van der Waals surface area contributed by atoms with Crippen molar-refractivity contribution in [2.24, 2.45) is 0 Å². The molecule has 0 unspecified atom stereocenters. The topological polar surface area (TPSA) is 69.0 Å². The van der Waals surface area contributed by atoms with E-state index in [4.69, 9.17) is 16.3 Å². The number of methoxy groups -OCH3 is 1. The smallest absolute Gasteiger partial charge is 0.252 e. The molecule has 0 fully saturated rings. The first-order chi connectivity index (χ1) is 12.0. The molecular weight excluding hydrogens is 340 g/mol. The Morgan fingerprint density at radius 3 is 2.80 bits per heavy atom. The molecule has 0 saturated carbocycles. The number of nitrogens with one attached hydrogen (secondary N) is 1. The van der Waals surface area contributed by atoms with Crippen molar-refractivity contribution in [3.8, 4) is 5.69 Å². The van der Waals surface area contributed by atoms with Crippen molar-refractivity contribution in [3.63, 3.8) is 0 Å². The molecule has 3 aromatic rings. The number of hydrogen-bond donors (Lipinski definition) is 1. The number of carbonyl (C=O) groups excluding carboxylic acids is 1. The monoisotopic (exact) mass is 358 g/mol. The summed E-state index contributed by atoms with van der Waals surface area (Å²) in [5, 5.41) is 8.71. The van der Waals surface area contributed by atoms with Gasteiger partial charge in [-0.3, -0.25) is 4.79 Å². The third-order valence-corrected chi connectivity index (χ3v) is 4.18. The molecule has 130 valence electrons. The first-order valence-electron chi connectivity index (χ1n) is 7.92. The number of hydrogen-bond acceptors (Lipinski definition) is 4. The maximum Gasteiger partial charge on any atom is 0.252 e. The van der Waals surface area contributed by atoms with Crippen LogP contribution in [0.3, 0.4) is 0 Å². The minimum atomic E-state index is -0.172. The number of fused-ring (bicyclic) bond motifs is 1. The van der Waals surface area contributed by atoms with Crippen LogP contribution in [0.4, 0.5) is 0 Å². The highest BCUT2D eigenvalue weighted by Gasteiger charge is 2.20. The van der Waals surface area contributed by atoms with Crippen molar-refractivity contribution in [2.75, 3.05) is 20.3 Å². The Bertz CT molecular complexity index is 936. The van der Waals surface area contributed by atoms with Gasteiger partial charge >= 0.3 is 0 Å². The molecule has 1 aromatic carbocycles. The molecule has 2 aromatic heterocycles. The Morgan fingerprint density at radius 2 is 2.08 bits per heavy atom. The maximum absolute atomic E-state index is 12.6. The molecule has 0 aliphatic rings. The lowest BCUT2D eigenvalue weighted by molar-refractivity contribution is 0.0938. The molecule has 3 rings (SSSR count). The van der Waals surface area contributed by atoms with Gasteiger partial charge in [-0.15, -0.1) is 0 Å². The van der Waals surface area contributed by atoms with Crippen LogP contribution in [0, 0.1) is 13.8 Å². The Balaban J connectivity index is 2.15. The van der Waals surface area contributed by atoms with E-state index in [0.717, 1.165) is 22.5 Å². The van der Waals surface area contributed by atoms with E-state index in [-0.39, 0.29) is 5.91 Å². The molecule has 6 nitrogen and oxygen atoms in total. The van der Waals surface area contributed by atoms with Gasteiger partial charge in [-0.25, -0.2) is 9.67 Å². The van der Waals surface area contributed by atoms with Gasteiger partial charge in [0.05, 0.1) is 34.0 Å². The quantitative estimate of drug-likeness (QED) is 0.712. The fourth-order valence-electron chi connectivity index (χ4n) is 2.75. The van der Waals surface area contributed by atoms with Crippen molar-refractivity contribution < 1.29 is 9.53 Å². The third-order valence-electron chi connectivity index (χ3n) is 3.86. The predicted molar refractivity (Wildman–Crippen MR) is 97.6 cm³/mol. The molecule has 1 amide bonds. The normalized spacial score (nSPS) is 11.0. The summed E-state index contributed by atoms with van der Waals surface area (Å²) in [6, 6.07) is 9.19. The molecule has 25 heavy (non-hydrogen) atoms. The summed E-state index contributed by atoms with van der Waals surface area (Å²) in [6.45, 7) is 4.61. The Morgan fingerprint density at radius 1 is 1.32 bits per heavy atom. The van der Waals surface area contributed by atoms with Crippen LogP contribution in [0.15, 0.2) is 30.3 Å². The maximum atomic E-state index is 12.6. The highest BCUT2D eigenvalue weighted by Crippen LogP contribution is 2.27. The largest absolute Gasteiger partial charge is 0.383 e. The summed E-state index contributed by atoms with van der Waals surface area (Å²) in [4.78, 5) is 17.2. The van der Waals surface area contributed by atoms with Crippen LogP contribution >= 0.6 is 11.6 Å². The zero-order valence-electron chi connectivity index (χ0n) is 14.3. The van der Waals surface area contributed by atoms with E-state index in [9.17, 15) is 4.79 Å². The fraction of sp³-hybridized carbons (Fsp3) is 0.278. The summed E-state index contributed by atoms with van der Waals surface area (Å²) in [7, 11) is 1.60. The van der Waals surface area contributed by atoms with Crippen molar-refractivity contribution in [3.05, 3.63) is 52.3 Å². The van der Waals surface area contributed by atoms with E-state index < -0.39 is 0 Å². The SMILES string of the molecule is COCCNC(=O)c1cc(C)nc2c1c(C)nn2-c1ccccc1Cl. The summed E-state index contributed by atoms with van der Waals surface area (Å²) >= 11 is 6.31. The van der Waals surface area contributed by atoms with Gasteiger partial charge in [0.2, 0.25) is 0 Å². The van der Waals surface area contributed by atoms with Crippen LogP contribution in [-0.2, 0) is 4.74 Å². The summed E-state index contributed by atoms with van der Waals surface area (Å²) < 4.78 is 6.67. The second-order valence-corrected chi connectivity index (χ2v) is 6.11. The summed E-state index contributed by atoms with van der Waals surface area (Å²) in [6.07, 6.45) is 0. The molecule has 0 bridgehead atoms.